The molecule has 1 rings (SSSR count). The molecule has 0 saturated carbocycles. The van der Waals surface area contributed by atoms with Gasteiger partial charge in [0.25, 0.3) is 5.91 Å². The molecular weight excluding hydrogens is 158 g/mol. The number of carbonyl (C=O) groups excluding carboxylic acids is 1. The third-order valence-electron chi connectivity index (χ3n) is 1.24. The van der Waals surface area contributed by atoms with Crippen LogP contribution in [0.1, 0.15) is 16.2 Å². The van der Waals surface area contributed by atoms with Crippen molar-refractivity contribution in [3.63, 3.8) is 0 Å². The van der Waals surface area contributed by atoms with Crippen LogP contribution in [0.2, 0.25) is 0 Å². The molecule has 5 N–H and O–H groups in total. The van der Waals surface area contributed by atoms with Gasteiger partial charge in [-0.15, -0.1) is 0 Å². The Bertz CT molecular complexity index is 291. The Labute approximate surface area is 69.0 Å². The summed E-state index contributed by atoms with van der Waals surface area (Å²) < 4.78 is 0. The van der Waals surface area contributed by atoms with Crippen molar-refractivity contribution in [2.45, 2.75) is 6.92 Å². The third kappa shape index (κ3) is 1.67. The van der Waals surface area contributed by atoms with E-state index in [2.05, 4.69) is 9.97 Å². The standard InChI is InChI=1S/C6H9N5O/c1-3-2-4(5(12)11-8)10-6(7)9-3/h2H,8H2,1H3,(H,11,12)(H2,7,9,10). The molecule has 1 aromatic rings. The lowest BCUT2D eigenvalue weighted by Gasteiger charge is -2.00. The van der Waals surface area contributed by atoms with Crippen LogP contribution in [0.5, 0.6) is 0 Å². The molecule has 6 nitrogen and oxygen atoms in total. The Morgan fingerprint density at radius 1 is 1.58 bits per heavy atom. The first kappa shape index (κ1) is 8.41. The minimum atomic E-state index is -0.479. The maximum atomic E-state index is 10.9. The quantitative estimate of drug-likeness (QED) is 0.281. The fourth-order valence-corrected chi connectivity index (χ4v) is 0.782. The highest BCUT2D eigenvalue weighted by Gasteiger charge is 2.06. The van der Waals surface area contributed by atoms with Crippen molar-refractivity contribution in [3.8, 4) is 0 Å². The summed E-state index contributed by atoms with van der Waals surface area (Å²) in [5.74, 6) is 4.49. The number of aryl methyl sites for hydroxylation is 1. The number of hydrazine groups is 1. The van der Waals surface area contributed by atoms with Crippen LogP contribution in [0.4, 0.5) is 5.95 Å². The molecule has 1 amide bonds. The van der Waals surface area contributed by atoms with Crippen LogP contribution in [0.3, 0.4) is 0 Å². The van der Waals surface area contributed by atoms with Crippen LogP contribution in [0.25, 0.3) is 0 Å². The summed E-state index contributed by atoms with van der Waals surface area (Å²) in [6, 6.07) is 1.50. The number of nitrogen functional groups attached to an aromatic ring is 2. The molecule has 0 aliphatic heterocycles. The first-order chi connectivity index (χ1) is 5.63. The summed E-state index contributed by atoms with van der Waals surface area (Å²) in [7, 11) is 0. The van der Waals surface area contributed by atoms with Crippen molar-refractivity contribution in [1.29, 1.82) is 0 Å². The summed E-state index contributed by atoms with van der Waals surface area (Å²) in [6.07, 6.45) is 0. The van der Waals surface area contributed by atoms with Crippen LogP contribution in [-0.4, -0.2) is 15.9 Å². The molecule has 0 unspecified atom stereocenters. The maximum absolute atomic E-state index is 10.9. The van der Waals surface area contributed by atoms with Crippen LogP contribution in [-0.2, 0) is 0 Å². The largest absolute Gasteiger partial charge is 0.368 e. The molecule has 0 spiro atoms. The molecule has 0 saturated heterocycles. The van der Waals surface area contributed by atoms with Crippen molar-refractivity contribution >= 4 is 11.9 Å². The van der Waals surface area contributed by atoms with Gasteiger partial charge in [0, 0.05) is 5.69 Å². The minimum Gasteiger partial charge on any atom is -0.368 e. The number of carbonyl (C=O) groups is 1. The first-order valence-corrected chi connectivity index (χ1v) is 3.25. The van der Waals surface area contributed by atoms with Gasteiger partial charge in [0.2, 0.25) is 5.95 Å². The number of nitrogens with one attached hydrogen (secondary N) is 1. The Kier molecular flexibility index (Phi) is 2.20. The second kappa shape index (κ2) is 3.14. The van der Waals surface area contributed by atoms with E-state index >= 15 is 0 Å². The van der Waals surface area contributed by atoms with E-state index in [0.717, 1.165) is 0 Å². The van der Waals surface area contributed by atoms with Crippen LogP contribution in [0.15, 0.2) is 6.07 Å². The average Bonchev–Trinajstić information content (AvgIpc) is 2.01. The molecule has 0 radical (unpaired) electrons. The van der Waals surface area contributed by atoms with Gasteiger partial charge >= 0.3 is 0 Å². The summed E-state index contributed by atoms with van der Waals surface area (Å²) >= 11 is 0. The van der Waals surface area contributed by atoms with Crippen LogP contribution >= 0.6 is 0 Å². The van der Waals surface area contributed by atoms with Gasteiger partial charge in [0.1, 0.15) is 5.69 Å². The topological polar surface area (TPSA) is 107 Å². The molecule has 1 heterocycles. The molecule has 0 aliphatic rings. The van der Waals surface area contributed by atoms with E-state index in [9.17, 15) is 4.79 Å². The van der Waals surface area contributed by atoms with Gasteiger partial charge in [0.05, 0.1) is 0 Å². The molecule has 64 valence electrons. The smallest absolute Gasteiger partial charge is 0.283 e. The Morgan fingerprint density at radius 2 is 2.25 bits per heavy atom. The second-order valence-electron chi connectivity index (χ2n) is 2.23. The third-order valence-corrected chi connectivity index (χ3v) is 1.24. The van der Waals surface area contributed by atoms with Gasteiger partial charge in [0.15, 0.2) is 0 Å². The molecule has 6 heteroatoms. The van der Waals surface area contributed by atoms with Crippen molar-refractivity contribution < 1.29 is 4.79 Å². The first-order valence-electron chi connectivity index (χ1n) is 3.25. The van der Waals surface area contributed by atoms with Gasteiger partial charge in [-0.25, -0.2) is 15.8 Å². The zero-order valence-corrected chi connectivity index (χ0v) is 6.53. The second-order valence-corrected chi connectivity index (χ2v) is 2.23. The number of hydrogen-bond acceptors (Lipinski definition) is 5. The highest BCUT2D eigenvalue weighted by molar-refractivity contribution is 5.92. The summed E-state index contributed by atoms with van der Waals surface area (Å²) in [5.41, 5.74) is 8.05. The highest BCUT2D eigenvalue weighted by Crippen LogP contribution is 2.00. The van der Waals surface area contributed by atoms with E-state index in [4.69, 9.17) is 11.6 Å². The summed E-state index contributed by atoms with van der Waals surface area (Å²) in [5, 5.41) is 0. The number of aromatic nitrogens is 2. The maximum Gasteiger partial charge on any atom is 0.283 e. The molecule has 0 atom stereocenters. The fraction of sp³-hybridized carbons (Fsp3) is 0.167. The number of anilines is 1. The number of amides is 1. The predicted molar refractivity (Wildman–Crippen MR) is 42.8 cm³/mol. The normalized spacial score (nSPS) is 9.50. The molecule has 0 aliphatic carbocycles. The lowest BCUT2D eigenvalue weighted by atomic mass is 10.3. The predicted octanol–water partition coefficient (Wildman–Crippen LogP) is -1.03. The summed E-state index contributed by atoms with van der Waals surface area (Å²) in [6.45, 7) is 1.71. The number of nitrogens with two attached hydrogens (primary N) is 2. The molecular formula is C6H9N5O. The molecule has 0 aromatic carbocycles. The number of hydrogen-bond donors (Lipinski definition) is 3. The Balaban J connectivity index is 3.08. The zero-order valence-electron chi connectivity index (χ0n) is 6.53. The lowest BCUT2D eigenvalue weighted by molar-refractivity contribution is 0.0948. The van der Waals surface area contributed by atoms with Crippen LogP contribution in [0, 0.1) is 6.92 Å². The van der Waals surface area contributed by atoms with E-state index in [0.29, 0.717) is 5.69 Å². The van der Waals surface area contributed by atoms with Gasteiger partial charge in [-0.2, -0.15) is 0 Å². The number of rotatable bonds is 1. The van der Waals surface area contributed by atoms with Crippen LogP contribution < -0.4 is 17.0 Å². The van der Waals surface area contributed by atoms with Gasteiger partial charge in [-0.3, -0.25) is 10.2 Å². The van der Waals surface area contributed by atoms with Gasteiger partial charge in [-0.05, 0) is 13.0 Å². The molecule has 0 fully saturated rings. The molecule has 1 aromatic heterocycles. The average molecular weight is 167 g/mol. The number of nitrogens with zero attached hydrogens (tertiary/aromatic N) is 2. The van der Waals surface area contributed by atoms with E-state index in [1.807, 2.05) is 5.43 Å². The monoisotopic (exact) mass is 167 g/mol. The van der Waals surface area contributed by atoms with Crippen molar-refractivity contribution in [2.75, 3.05) is 5.73 Å². The SMILES string of the molecule is Cc1cc(C(=O)NN)nc(N)n1. The van der Waals surface area contributed by atoms with E-state index < -0.39 is 5.91 Å². The van der Waals surface area contributed by atoms with Crippen molar-refractivity contribution in [1.82, 2.24) is 15.4 Å². The fourth-order valence-electron chi connectivity index (χ4n) is 0.782. The van der Waals surface area contributed by atoms with Gasteiger partial charge < -0.3 is 5.73 Å². The van der Waals surface area contributed by atoms with E-state index in [-0.39, 0.29) is 11.6 Å². The zero-order chi connectivity index (χ0) is 9.14. The Morgan fingerprint density at radius 3 is 2.75 bits per heavy atom. The van der Waals surface area contributed by atoms with Crippen molar-refractivity contribution in [2.24, 2.45) is 5.84 Å². The molecule has 12 heavy (non-hydrogen) atoms. The highest BCUT2D eigenvalue weighted by atomic mass is 16.2. The van der Waals surface area contributed by atoms with Crippen molar-refractivity contribution in [3.05, 3.63) is 17.5 Å². The van der Waals surface area contributed by atoms with Gasteiger partial charge in [-0.1, -0.05) is 0 Å². The van der Waals surface area contributed by atoms with E-state index in [1.54, 1.807) is 6.92 Å². The minimum absolute atomic E-state index is 0.0635. The lowest BCUT2D eigenvalue weighted by Crippen LogP contribution is -2.31. The Hall–Kier alpha value is -1.69. The molecule has 0 bridgehead atoms. The summed E-state index contributed by atoms with van der Waals surface area (Å²) in [4.78, 5) is 18.4. The van der Waals surface area contributed by atoms with E-state index in [1.165, 1.54) is 6.07 Å².